The van der Waals surface area contributed by atoms with Gasteiger partial charge in [0.1, 0.15) is 0 Å². The predicted molar refractivity (Wildman–Crippen MR) is 131 cm³/mol. The summed E-state index contributed by atoms with van der Waals surface area (Å²) in [7, 11) is 0. The predicted octanol–water partition coefficient (Wildman–Crippen LogP) is 3.98. The maximum Gasteiger partial charge on any atom is 0.290 e. The molecule has 2 aromatic carbocycles. The van der Waals surface area contributed by atoms with E-state index in [1.165, 1.54) is 16.9 Å². The Morgan fingerprint density at radius 3 is 2.24 bits per heavy atom. The van der Waals surface area contributed by atoms with Gasteiger partial charge in [0.2, 0.25) is 0 Å². The lowest BCUT2D eigenvalue weighted by Gasteiger charge is -2.36. The first-order chi connectivity index (χ1) is 16.1. The molecule has 0 saturated carbocycles. The van der Waals surface area contributed by atoms with E-state index in [1.54, 1.807) is 0 Å². The number of fused-ring (bicyclic) bond motifs is 1. The second-order valence-electron chi connectivity index (χ2n) is 9.35. The van der Waals surface area contributed by atoms with Crippen molar-refractivity contribution in [3.8, 4) is 0 Å². The lowest BCUT2D eigenvalue weighted by atomic mass is 10.1. The maximum absolute atomic E-state index is 13.6. The Balaban J connectivity index is 1.31. The van der Waals surface area contributed by atoms with E-state index in [0.717, 1.165) is 57.9 Å². The summed E-state index contributed by atoms with van der Waals surface area (Å²) in [6, 6.07) is 21.2. The Labute approximate surface area is 196 Å². The SMILES string of the molecule is CC(C)n1c(C(=O)N2CCN(c3ccccc3)CC2)nc2c1CCN(Cc1ccccc1)C2. The van der Waals surface area contributed by atoms with Crippen molar-refractivity contribution in [3.63, 3.8) is 0 Å². The molecule has 6 heteroatoms. The van der Waals surface area contributed by atoms with Crippen molar-refractivity contribution in [2.24, 2.45) is 0 Å². The number of hydrogen-bond acceptors (Lipinski definition) is 4. The van der Waals surface area contributed by atoms with Crippen molar-refractivity contribution in [2.45, 2.75) is 39.4 Å². The quantitative estimate of drug-likeness (QED) is 0.598. The number of imidazole rings is 1. The minimum absolute atomic E-state index is 0.0698. The van der Waals surface area contributed by atoms with Crippen LogP contribution >= 0.6 is 0 Å². The molecule has 0 aliphatic carbocycles. The summed E-state index contributed by atoms with van der Waals surface area (Å²) in [6.45, 7) is 10.2. The van der Waals surface area contributed by atoms with Crippen LogP contribution in [0.5, 0.6) is 0 Å². The van der Waals surface area contributed by atoms with Crippen LogP contribution in [0.15, 0.2) is 60.7 Å². The highest BCUT2D eigenvalue weighted by molar-refractivity contribution is 5.91. The van der Waals surface area contributed by atoms with Crippen LogP contribution in [0, 0.1) is 0 Å². The highest BCUT2D eigenvalue weighted by atomic mass is 16.2. The number of para-hydroxylation sites is 1. The molecule has 1 amide bonds. The molecule has 33 heavy (non-hydrogen) atoms. The van der Waals surface area contributed by atoms with Crippen LogP contribution in [0.2, 0.25) is 0 Å². The number of hydrogen-bond donors (Lipinski definition) is 0. The van der Waals surface area contributed by atoms with E-state index in [-0.39, 0.29) is 11.9 Å². The lowest BCUT2D eigenvalue weighted by Crippen LogP contribution is -2.49. The van der Waals surface area contributed by atoms with Crippen LogP contribution in [-0.4, -0.2) is 58.0 Å². The zero-order valence-corrected chi connectivity index (χ0v) is 19.7. The number of piperazine rings is 1. The van der Waals surface area contributed by atoms with E-state index in [9.17, 15) is 4.79 Å². The van der Waals surface area contributed by atoms with Gasteiger partial charge in [0.25, 0.3) is 5.91 Å². The van der Waals surface area contributed by atoms with Gasteiger partial charge in [0, 0.05) is 69.7 Å². The highest BCUT2D eigenvalue weighted by Crippen LogP contribution is 2.26. The second-order valence-corrected chi connectivity index (χ2v) is 9.35. The largest absolute Gasteiger partial charge is 0.368 e. The number of anilines is 1. The minimum Gasteiger partial charge on any atom is -0.368 e. The van der Waals surface area contributed by atoms with Gasteiger partial charge in [0.05, 0.1) is 5.69 Å². The monoisotopic (exact) mass is 443 g/mol. The molecule has 2 aliphatic rings. The van der Waals surface area contributed by atoms with Gasteiger partial charge in [-0.3, -0.25) is 9.69 Å². The van der Waals surface area contributed by atoms with E-state index in [0.29, 0.717) is 5.82 Å². The molecule has 3 heterocycles. The first kappa shape index (κ1) is 21.7. The molecule has 3 aromatic rings. The van der Waals surface area contributed by atoms with Gasteiger partial charge in [0.15, 0.2) is 5.82 Å². The van der Waals surface area contributed by atoms with E-state index < -0.39 is 0 Å². The minimum atomic E-state index is 0.0698. The fourth-order valence-electron chi connectivity index (χ4n) is 5.09. The van der Waals surface area contributed by atoms with Crippen molar-refractivity contribution in [2.75, 3.05) is 37.6 Å². The molecule has 2 aliphatic heterocycles. The van der Waals surface area contributed by atoms with Gasteiger partial charge < -0.3 is 14.4 Å². The van der Waals surface area contributed by atoms with Crippen LogP contribution in [0.25, 0.3) is 0 Å². The molecule has 0 unspecified atom stereocenters. The molecular formula is C27H33N5O. The Bertz CT molecular complexity index is 1080. The summed E-state index contributed by atoms with van der Waals surface area (Å²) >= 11 is 0. The molecule has 0 atom stereocenters. The molecule has 5 rings (SSSR count). The number of amides is 1. The molecule has 0 spiro atoms. The summed E-state index contributed by atoms with van der Waals surface area (Å²) in [5.41, 5.74) is 4.84. The smallest absolute Gasteiger partial charge is 0.290 e. The van der Waals surface area contributed by atoms with Crippen LogP contribution in [0.1, 0.15) is 47.5 Å². The van der Waals surface area contributed by atoms with Crippen LogP contribution in [0.3, 0.4) is 0 Å². The third-order valence-electron chi connectivity index (χ3n) is 6.78. The number of benzene rings is 2. The molecule has 0 bridgehead atoms. The summed E-state index contributed by atoms with van der Waals surface area (Å²) in [6.07, 6.45) is 0.933. The first-order valence-electron chi connectivity index (χ1n) is 12.1. The number of carbonyl (C=O) groups is 1. The fourth-order valence-corrected chi connectivity index (χ4v) is 5.09. The molecule has 6 nitrogen and oxygen atoms in total. The molecule has 0 radical (unpaired) electrons. The van der Waals surface area contributed by atoms with Gasteiger partial charge in [-0.05, 0) is 31.5 Å². The summed E-state index contributed by atoms with van der Waals surface area (Å²) < 4.78 is 2.20. The topological polar surface area (TPSA) is 44.6 Å². The Kier molecular flexibility index (Phi) is 6.18. The Hall–Kier alpha value is -3.12. The first-order valence-corrected chi connectivity index (χ1v) is 12.1. The van der Waals surface area contributed by atoms with Crippen molar-refractivity contribution in [3.05, 3.63) is 83.4 Å². The van der Waals surface area contributed by atoms with Crippen molar-refractivity contribution < 1.29 is 4.79 Å². The average molecular weight is 444 g/mol. The summed E-state index contributed by atoms with van der Waals surface area (Å²) in [4.78, 5) is 25.3. The van der Waals surface area contributed by atoms with Gasteiger partial charge >= 0.3 is 0 Å². The summed E-state index contributed by atoms with van der Waals surface area (Å²) in [5, 5.41) is 0. The molecule has 1 saturated heterocycles. The molecular weight excluding hydrogens is 410 g/mol. The van der Waals surface area contributed by atoms with Crippen LogP contribution < -0.4 is 4.90 Å². The zero-order valence-electron chi connectivity index (χ0n) is 19.7. The van der Waals surface area contributed by atoms with Gasteiger partial charge in [-0.1, -0.05) is 48.5 Å². The Morgan fingerprint density at radius 1 is 0.909 bits per heavy atom. The third-order valence-corrected chi connectivity index (χ3v) is 6.78. The average Bonchev–Trinajstić information content (AvgIpc) is 3.24. The standard InChI is InChI=1S/C27H33N5O/c1-21(2)32-25-13-14-29(19-22-9-5-3-6-10-22)20-24(25)28-26(32)27(33)31-17-15-30(16-18-31)23-11-7-4-8-12-23/h3-12,21H,13-20H2,1-2H3. The van der Waals surface area contributed by atoms with Crippen molar-refractivity contribution in [1.29, 1.82) is 0 Å². The maximum atomic E-state index is 13.6. The van der Waals surface area contributed by atoms with E-state index in [1.807, 2.05) is 11.0 Å². The number of aromatic nitrogens is 2. The van der Waals surface area contributed by atoms with Crippen molar-refractivity contribution >= 4 is 11.6 Å². The Morgan fingerprint density at radius 2 is 1.58 bits per heavy atom. The number of nitrogens with zero attached hydrogens (tertiary/aromatic N) is 5. The number of carbonyl (C=O) groups excluding carboxylic acids is 1. The van der Waals surface area contributed by atoms with Gasteiger partial charge in [-0.15, -0.1) is 0 Å². The van der Waals surface area contributed by atoms with E-state index in [4.69, 9.17) is 4.98 Å². The van der Waals surface area contributed by atoms with Crippen LogP contribution in [-0.2, 0) is 19.5 Å². The fraction of sp³-hybridized carbons (Fsp3) is 0.407. The van der Waals surface area contributed by atoms with Gasteiger partial charge in [-0.25, -0.2) is 4.98 Å². The van der Waals surface area contributed by atoms with E-state index >= 15 is 0 Å². The third kappa shape index (κ3) is 4.53. The second kappa shape index (κ2) is 9.40. The molecule has 172 valence electrons. The highest BCUT2D eigenvalue weighted by Gasteiger charge is 2.31. The lowest BCUT2D eigenvalue weighted by molar-refractivity contribution is 0.0727. The normalized spacial score (nSPS) is 16.8. The molecule has 1 aromatic heterocycles. The molecule has 0 N–H and O–H groups in total. The van der Waals surface area contributed by atoms with E-state index in [2.05, 4.69) is 82.8 Å². The van der Waals surface area contributed by atoms with Crippen molar-refractivity contribution in [1.82, 2.24) is 19.4 Å². The summed E-state index contributed by atoms with van der Waals surface area (Å²) in [5.74, 6) is 0.685. The van der Waals surface area contributed by atoms with Crippen LogP contribution in [0.4, 0.5) is 5.69 Å². The zero-order chi connectivity index (χ0) is 22.8. The van der Waals surface area contributed by atoms with Gasteiger partial charge in [-0.2, -0.15) is 0 Å². The molecule has 1 fully saturated rings. The number of rotatable bonds is 5.